The lowest BCUT2D eigenvalue weighted by atomic mass is 10.1. The molecule has 4 nitrogen and oxygen atoms in total. The number of hydrogen-bond acceptors (Lipinski definition) is 3. The van der Waals surface area contributed by atoms with Crippen LogP contribution in [0.25, 0.3) is 0 Å². The van der Waals surface area contributed by atoms with Crippen LogP contribution in [0.5, 0.6) is 0 Å². The van der Waals surface area contributed by atoms with Crippen molar-refractivity contribution in [2.75, 3.05) is 17.2 Å². The largest absolute Gasteiger partial charge is 0.385 e. The molecular formula is C16H18BrN3O. The summed E-state index contributed by atoms with van der Waals surface area (Å²) >= 11 is 3.39. The zero-order valence-electron chi connectivity index (χ0n) is 12.3. The fourth-order valence-corrected chi connectivity index (χ4v) is 2.24. The van der Waals surface area contributed by atoms with E-state index in [4.69, 9.17) is 0 Å². The first kappa shape index (κ1) is 15.5. The molecule has 0 radical (unpaired) electrons. The maximum Gasteiger partial charge on any atom is 0.257 e. The van der Waals surface area contributed by atoms with Gasteiger partial charge >= 0.3 is 0 Å². The molecule has 0 unspecified atom stereocenters. The first-order valence-electron chi connectivity index (χ1n) is 6.79. The van der Waals surface area contributed by atoms with Crippen LogP contribution in [0.2, 0.25) is 0 Å². The maximum absolute atomic E-state index is 12.3. The normalized spacial score (nSPS) is 10.3. The molecule has 0 saturated heterocycles. The minimum absolute atomic E-state index is 0.148. The molecule has 0 fully saturated rings. The third-order valence-electron chi connectivity index (χ3n) is 3.14. The Bertz CT molecular complexity index is 671. The van der Waals surface area contributed by atoms with Gasteiger partial charge in [0.05, 0.1) is 0 Å². The maximum atomic E-state index is 12.3. The van der Waals surface area contributed by atoms with E-state index in [-0.39, 0.29) is 5.91 Å². The number of nitrogens with one attached hydrogen (secondary N) is 2. The van der Waals surface area contributed by atoms with E-state index < -0.39 is 0 Å². The number of anilines is 2. The Morgan fingerprint density at radius 1 is 1.24 bits per heavy atom. The summed E-state index contributed by atoms with van der Waals surface area (Å²) < 4.78 is 0.923. The van der Waals surface area contributed by atoms with Crippen LogP contribution in [-0.2, 0) is 0 Å². The van der Waals surface area contributed by atoms with Crippen LogP contribution < -0.4 is 10.6 Å². The molecule has 2 rings (SSSR count). The summed E-state index contributed by atoms with van der Waals surface area (Å²) in [5, 5.41) is 6.06. The molecule has 0 aliphatic rings. The van der Waals surface area contributed by atoms with Crippen LogP contribution in [0.1, 0.15) is 28.4 Å². The van der Waals surface area contributed by atoms with Crippen molar-refractivity contribution in [3.8, 4) is 0 Å². The van der Waals surface area contributed by atoms with Gasteiger partial charge in [-0.25, -0.2) is 4.98 Å². The number of benzene rings is 1. The lowest BCUT2D eigenvalue weighted by Gasteiger charge is -2.10. The minimum atomic E-state index is -0.148. The molecular weight excluding hydrogens is 330 g/mol. The van der Waals surface area contributed by atoms with Gasteiger partial charge in [0.15, 0.2) is 0 Å². The molecule has 0 atom stereocenters. The van der Waals surface area contributed by atoms with Gasteiger partial charge in [-0.3, -0.25) is 4.79 Å². The summed E-state index contributed by atoms with van der Waals surface area (Å²) in [6.45, 7) is 6.78. The molecule has 0 bridgehead atoms. The molecule has 0 saturated carbocycles. The van der Waals surface area contributed by atoms with E-state index in [1.807, 2.05) is 45.0 Å². The molecule has 1 amide bonds. The molecule has 0 aliphatic carbocycles. The number of rotatable bonds is 4. The number of aromatic nitrogens is 1. The van der Waals surface area contributed by atoms with Gasteiger partial charge in [0.2, 0.25) is 0 Å². The van der Waals surface area contributed by atoms with Gasteiger partial charge in [0.25, 0.3) is 5.91 Å². The molecule has 0 aliphatic heterocycles. The molecule has 0 spiro atoms. The third kappa shape index (κ3) is 3.82. The average Bonchev–Trinajstić information content (AvgIpc) is 2.43. The quantitative estimate of drug-likeness (QED) is 0.873. The monoisotopic (exact) mass is 347 g/mol. The summed E-state index contributed by atoms with van der Waals surface area (Å²) in [5.74, 6) is 0.403. The van der Waals surface area contributed by atoms with Crippen molar-refractivity contribution in [1.29, 1.82) is 0 Å². The number of carbonyl (C=O) groups excluding carboxylic acids is 1. The van der Waals surface area contributed by atoms with Crippen LogP contribution in [-0.4, -0.2) is 17.4 Å². The van der Waals surface area contributed by atoms with E-state index in [9.17, 15) is 4.79 Å². The number of nitrogens with zero attached hydrogens (tertiary/aromatic N) is 1. The van der Waals surface area contributed by atoms with Gasteiger partial charge in [-0.15, -0.1) is 0 Å². The lowest BCUT2D eigenvalue weighted by Crippen LogP contribution is -2.14. The van der Waals surface area contributed by atoms with Crippen LogP contribution in [0, 0.1) is 13.8 Å². The van der Waals surface area contributed by atoms with Crippen LogP contribution in [0.4, 0.5) is 11.5 Å². The Balaban J connectivity index is 2.18. The molecule has 1 aromatic heterocycles. The molecule has 1 heterocycles. The summed E-state index contributed by atoms with van der Waals surface area (Å²) in [6, 6.07) is 7.54. The first-order valence-corrected chi connectivity index (χ1v) is 7.58. The second-order valence-electron chi connectivity index (χ2n) is 4.83. The summed E-state index contributed by atoms with van der Waals surface area (Å²) in [4.78, 5) is 16.5. The third-order valence-corrected chi connectivity index (χ3v) is 3.97. The van der Waals surface area contributed by atoms with Gasteiger partial charge in [-0.05, 0) is 72.1 Å². The molecule has 110 valence electrons. The fourth-order valence-electron chi connectivity index (χ4n) is 2.02. The average molecular weight is 348 g/mol. The fraction of sp³-hybridized carbons (Fsp3) is 0.250. The molecule has 21 heavy (non-hydrogen) atoms. The van der Waals surface area contributed by atoms with E-state index in [1.54, 1.807) is 6.20 Å². The van der Waals surface area contributed by atoms with E-state index in [0.29, 0.717) is 11.4 Å². The van der Waals surface area contributed by atoms with Crippen LogP contribution >= 0.6 is 15.9 Å². The predicted octanol–water partition coefficient (Wildman–Crippen LogP) is 4.15. The molecule has 2 N–H and O–H groups in total. The van der Waals surface area contributed by atoms with E-state index in [1.165, 1.54) is 0 Å². The Hall–Kier alpha value is -1.88. The lowest BCUT2D eigenvalue weighted by molar-refractivity contribution is 0.102. The summed E-state index contributed by atoms with van der Waals surface area (Å²) in [5.41, 5.74) is 3.63. The molecule has 5 heteroatoms. The Morgan fingerprint density at radius 3 is 2.62 bits per heavy atom. The van der Waals surface area contributed by atoms with Crippen molar-refractivity contribution in [2.24, 2.45) is 0 Å². The summed E-state index contributed by atoms with van der Waals surface area (Å²) in [6.07, 6.45) is 1.69. The molecule has 2 aromatic rings. The Labute approximate surface area is 133 Å². The number of amides is 1. The van der Waals surface area contributed by atoms with Crippen molar-refractivity contribution in [1.82, 2.24) is 4.98 Å². The van der Waals surface area contributed by atoms with Crippen molar-refractivity contribution in [3.63, 3.8) is 0 Å². The summed E-state index contributed by atoms with van der Waals surface area (Å²) in [7, 11) is 0. The van der Waals surface area contributed by atoms with Crippen molar-refractivity contribution < 1.29 is 4.79 Å². The number of hydrogen-bond donors (Lipinski definition) is 2. The zero-order chi connectivity index (χ0) is 15.4. The predicted molar refractivity (Wildman–Crippen MR) is 90.0 cm³/mol. The van der Waals surface area contributed by atoms with Crippen molar-refractivity contribution >= 4 is 33.3 Å². The van der Waals surface area contributed by atoms with Gasteiger partial charge in [-0.2, -0.15) is 0 Å². The minimum Gasteiger partial charge on any atom is -0.385 e. The highest BCUT2D eigenvalue weighted by atomic mass is 79.9. The standard InChI is InChI=1S/C16H18BrN3O/c1-4-18-12-5-6-13(10(2)7-12)16(21)20-15-8-11(3)14(17)9-19-15/h5-9,18H,4H2,1-3H3,(H,19,20,21). The Kier molecular flexibility index (Phi) is 4.96. The first-order chi connectivity index (χ1) is 10.0. The van der Waals surface area contributed by atoms with Gasteiger partial charge in [0, 0.05) is 28.5 Å². The van der Waals surface area contributed by atoms with Crippen LogP contribution in [0.3, 0.4) is 0 Å². The van der Waals surface area contributed by atoms with Gasteiger partial charge in [0.1, 0.15) is 5.82 Å². The molecule has 1 aromatic carbocycles. The van der Waals surface area contributed by atoms with E-state index >= 15 is 0 Å². The SMILES string of the molecule is CCNc1ccc(C(=O)Nc2cc(C)c(Br)cn2)c(C)c1. The second kappa shape index (κ2) is 6.72. The van der Waals surface area contributed by atoms with Crippen molar-refractivity contribution in [2.45, 2.75) is 20.8 Å². The highest BCUT2D eigenvalue weighted by Gasteiger charge is 2.11. The highest BCUT2D eigenvalue weighted by molar-refractivity contribution is 9.10. The Morgan fingerprint density at radius 2 is 2.00 bits per heavy atom. The second-order valence-corrected chi connectivity index (χ2v) is 5.69. The number of aryl methyl sites for hydroxylation is 2. The number of carbonyl (C=O) groups is 1. The van der Waals surface area contributed by atoms with Crippen molar-refractivity contribution in [3.05, 3.63) is 51.6 Å². The zero-order valence-corrected chi connectivity index (χ0v) is 13.9. The number of pyridine rings is 1. The van der Waals surface area contributed by atoms with E-state index in [0.717, 1.165) is 27.8 Å². The highest BCUT2D eigenvalue weighted by Crippen LogP contribution is 2.19. The van der Waals surface area contributed by atoms with E-state index in [2.05, 4.69) is 31.5 Å². The van der Waals surface area contributed by atoms with Gasteiger partial charge in [-0.1, -0.05) is 0 Å². The smallest absolute Gasteiger partial charge is 0.257 e. The number of halogens is 1. The van der Waals surface area contributed by atoms with Gasteiger partial charge < -0.3 is 10.6 Å². The topological polar surface area (TPSA) is 54.0 Å². The van der Waals surface area contributed by atoms with Crippen LogP contribution in [0.15, 0.2) is 34.9 Å².